The van der Waals surface area contributed by atoms with Gasteiger partial charge in [0.2, 0.25) is 0 Å². The molecule has 0 fully saturated rings. The third kappa shape index (κ3) is 2.99. The fourth-order valence-electron chi connectivity index (χ4n) is 3.88. The lowest BCUT2D eigenvalue weighted by Gasteiger charge is -2.24. The number of carbonyl (C=O) groups is 1. The summed E-state index contributed by atoms with van der Waals surface area (Å²) in [7, 11) is 3.24. The van der Waals surface area contributed by atoms with E-state index in [1.165, 1.54) is 0 Å². The zero-order chi connectivity index (χ0) is 19.0. The van der Waals surface area contributed by atoms with Crippen LogP contribution in [0.2, 0.25) is 0 Å². The van der Waals surface area contributed by atoms with E-state index in [1.807, 2.05) is 60.1 Å². The molecule has 0 radical (unpaired) electrons. The Labute approximate surface area is 158 Å². The fraction of sp³-hybridized carbons (Fsp3) is 0.273. The zero-order valence-electron chi connectivity index (χ0n) is 15.7. The Morgan fingerprint density at radius 2 is 1.74 bits per heavy atom. The number of rotatable bonds is 4. The van der Waals surface area contributed by atoms with Gasteiger partial charge >= 0.3 is 0 Å². The molecule has 0 bridgehead atoms. The molecule has 0 amide bonds. The predicted molar refractivity (Wildman–Crippen MR) is 103 cm³/mol. The molecule has 1 atom stereocenters. The Morgan fingerprint density at radius 3 is 2.44 bits per heavy atom. The highest BCUT2D eigenvalue weighted by atomic mass is 16.5. The summed E-state index contributed by atoms with van der Waals surface area (Å²) in [6.45, 7) is 1.91. The summed E-state index contributed by atoms with van der Waals surface area (Å²) < 4.78 is 12.7. The summed E-state index contributed by atoms with van der Waals surface area (Å²) in [6.07, 6.45) is 1.23. The molecule has 0 saturated carbocycles. The number of carbonyl (C=O) groups excluding carboxylic acids is 1. The Hall–Kier alpha value is -3.08. The van der Waals surface area contributed by atoms with Crippen molar-refractivity contribution < 1.29 is 14.3 Å². The first-order chi connectivity index (χ1) is 13.1. The molecule has 0 saturated heterocycles. The number of fused-ring (bicyclic) bond motifs is 1. The standard InChI is InChI=1S/C22H22N2O3/c1-14-22-18(24(23-14)17-7-5-4-6-8-17)11-16(12-19(22)25)15-9-10-20(26-2)21(13-15)27-3/h4-10,13,16H,11-12H2,1-3H3/t16-/m1/s1. The maximum atomic E-state index is 12.9. The molecule has 5 heteroatoms. The molecule has 0 aliphatic heterocycles. The molecule has 1 aromatic heterocycles. The van der Waals surface area contributed by atoms with E-state index in [2.05, 4.69) is 5.10 Å². The number of para-hydroxylation sites is 1. The smallest absolute Gasteiger partial charge is 0.167 e. The van der Waals surface area contributed by atoms with Gasteiger partial charge in [-0.05, 0) is 49.1 Å². The summed E-state index contributed by atoms with van der Waals surface area (Å²) in [5.41, 5.74) is 4.60. The number of nitrogens with zero attached hydrogens (tertiary/aromatic N) is 2. The van der Waals surface area contributed by atoms with Crippen molar-refractivity contribution in [1.82, 2.24) is 9.78 Å². The van der Waals surface area contributed by atoms with E-state index < -0.39 is 0 Å². The SMILES string of the molecule is COc1ccc([C@H]2CC(=O)c3c(C)nn(-c4ccccc4)c3C2)cc1OC. The monoisotopic (exact) mass is 362 g/mol. The molecule has 1 aliphatic carbocycles. The minimum absolute atomic E-state index is 0.0865. The number of benzene rings is 2. The highest BCUT2D eigenvalue weighted by Crippen LogP contribution is 2.38. The Bertz CT molecular complexity index is 992. The van der Waals surface area contributed by atoms with Crippen LogP contribution in [0.15, 0.2) is 48.5 Å². The second-order valence-corrected chi connectivity index (χ2v) is 6.80. The van der Waals surface area contributed by atoms with Gasteiger partial charge in [-0.15, -0.1) is 0 Å². The van der Waals surface area contributed by atoms with Crippen molar-refractivity contribution in [2.24, 2.45) is 0 Å². The van der Waals surface area contributed by atoms with Gasteiger partial charge < -0.3 is 9.47 Å². The summed E-state index contributed by atoms with van der Waals surface area (Å²) in [5.74, 6) is 1.61. The summed E-state index contributed by atoms with van der Waals surface area (Å²) in [4.78, 5) is 12.9. The first kappa shape index (κ1) is 17.3. The van der Waals surface area contributed by atoms with Gasteiger partial charge in [0.25, 0.3) is 0 Å². The van der Waals surface area contributed by atoms with Crippen LogP contribution < -0.4 is 9.47 Å². The molecule has 0 N–H and O–H groups in total. The predicted octanol–water partition coefficient (Wildman–Crippen LogP) is 4.11. The van der Waals surface area contributed by atoms with E-state index in [0.29, 0.717) is 17.9 Å². The fourth-order valence-corrected chi connectivity index (χ4v) is 3.88. The lowest BCUT2D eigenvalue weighted by Crippen LogP contribution is -2.20. The minimum atomic E-state index is 0.0865. The number of hydrogen-bond acceptors (Lipinski definition) is 4. The van der Waals surface area contributed by atoms with E-state index in [4.69, 9.17) is 9.47 Å². The minimum Gasteiger partial charge on any atom is -0.493 e. The number of ether oxygens (including phenoxy) is 2. The highest BCUT2D eigenvalue weighted by molar-refractivity contribution is 6.00. The van der Waals surface area contributed by atoms with Gasteiger partial charge in [0.05, 0.1) is 36.9 Å². The largest absolute Gasteiger partial charge is 0.493 e. The molecule has 138 valence electrons. The normalized spacial score (nSPS) is 16.1. The van der Waals surface area contributed by atoms with E-state index >= 15 is 0 Å². The number of Topliss-reactive ketones (excluding diaryl/α,β-unsaturated/α-hetero) is 1. The topological polar surface area (TPSA) is 53.3 Å². The first-order valence-corrected chi connectivity index (χ1v) is 9.01. The van der Waals surface area contributed by atoms with E-state index in [9.17, 15) is 4.79 Å². The maximum absolute atomic E-state index is 12.9. The molecule has 0 unspecified atom stereocenters. The molecule has 5 nitrogen and oxygen atoms in total. The van der Waals surface area contributed by atoms with Crippen molar-refractivity contribution in [3.8, 4) is 17.2 Å². The molecule has 2 aromatic carbocycles. The van der Waals surface area contributed by atoms with Crippen LogP contribution in [0.3, 0.4) is 0 Å². The Kier molecular flexibility index (Phi) is 4.44. The second-order valence-electron chi connectivity index (χ2n) is 6.80. The molecule has 1 aliphatic rings. The summed E-state index contributed by atoms with van der Waals surface area (Å²) in [5, 5.41) is 4.65. The van der Waals surface area contributed by atoms with Crippen molar-refractivity contribution >= 4 is 5.78 Å². The molecule has 4 rings (SSSR count). The van der Waals surface area contributed by atoms with E-state index in [1.54, 1.807) is 14.2 Å². The molecule has 1 heterocycles. The number of aryl methyl sites for hydroxylation is 1. The van der Waals surface area contributed by atoms with Gasteiger partial charge in [-0.2, -0.15) is 5.10 Å². The molecule has 27 heavy (non-hydrogen) atoms. The van der Waals surface area contributed by atoms with Crippen LogP contribution in [0.1, 0.15) is 39.6 Å². The molecule has 0 spiro atoms. The lowest BCUT2D eigenvalue weighted by atomic mass is 9.81. The molecular weight excluding hydrogens is 340 g/mol. The third-order valence-corrected chi connectivity index (χ3v) is 5.19. The maximum Gasteiger partial charge on any atom is 0.167 e. The number of aromatic nitrogens is 2. The number of methoxy groups -OCH3 is 2. The quantitative estimate of drug-likeness (QED) is 0.701. The average Bonchev–Trinajstić information content (AvgIpc) is 3.05. The van der Waals surface area contributed by atoms with Gasteiger partial charge in [0.15, 0.2) is 17.3 Å². The summed E-state index contributed by atoms with van der Waals surface area (Å²) >= 11 is 0. The van der Waals surface area contributed by atoms with Crippen LogP contribution in [-0.2, 0) is 6.42 Å². The van der Waals surface area contributed by atoms with E-state index in [-0.39, 0.29) is 11.7 Å². The Morgan fingerprint density at radius 1 is 1.00 bits per heavy atom. The van der Waals surface area contributed by atoms with Crippen LogP contribution in [-0.4, -0.2) is 29.8 Å². The highest BCUT2D eigenvalue weighted by Gasteiger charge is 2.32. The summed E-state index contributed by atoms with van der Waals surface area (Å²) in [6, 6.07) is 15.8. The van der Waals surface area contributed by atoms with Crippen molar-refractivity contribution in [2.45, 2.75) is 25.7 Å². The van der Waals surface area contributed by atoms with Crippen molar-refractivity contribution in [3.63, 3.8) is 0 Å². The zero-order valence-corrected chi connectivity index (χ0v) is 15.7. The molecular formula is C22H22N2O3. The van der Waals surface area contributed by atoms with Crippen LogP contribution in [0.4, 0.5) is 0 Å². The van der Waals surface area contributed by atoms with Crippen molar-refractivity contribution in [2.75, 3.05) is 14.2 Å². The van der Waals surface area contributed by atoms with Crippen LogP contribution in [0.5, 0.6) is 11.5 Å². The molecule has 3 aromatic rings. The first-order valence-electron chi connectivity index (χ1n) is 9.01. The van der Waals surface area contributed by atoms with Crippen molar-refractivity contribution in [1.29, 1.82) is 0 Å². The average molecular weight is 362 g/mol. The van der Waals surface area contributed by atoms with Gasteiger partial charge in [-0.3, -0.25) is 4.79 Å². The van der Waals surface area contributed by atoms with Crippen LogP contribution >= 0.6 is 0 Å². The van der Waals surface area contributed by atoms with Gasteiger partial charge in [-0.25, -0.2) is 4.68 Å². The van der Waals surface area contributed by atoms with Gasteiger partial charge in [0.1, 0.15) is 0 Å². The Balaban J connectivity index is 1.76. The van der Waals surface area contributed by atoms with Gasteiger partial charge in [-0.1, -0.05) is 24.3 Å². The number of hydrogen-bond donors (Lipinski definition) is 0. The second kappa shape index (κ2) is 6.91. The lowest BCUT2D eigenvalue weighted by molar-refractivity contribution is 0.0963. The third-order valence-electron chi connectivity index (χ3n) is 5.19. The van der Waals surface area contributed by atoms with Gasteiger partial charge in [0, 0.05) is 6.42 Å². The van der Waals surface area contributed by atoms with Crippen LogP contribution in [0, 0.1) is 6.92 Å². The van der Waals surface area contributed by atoms with Crippen molar-refractivity contribution in [3.05, 3.63) is 71.0 Å². The van der Waals surface area contributed by atoms with Crippen LogP contribution in [0.25, 0.3) is 5.69 Å². The number of ketones is 1. The van der Waals surface area contributed by atoms with E-state index in [0.717, 1.165) is 34.6 Å².